The molecule has 2 aromatic carbocycles. The Morgan fingerprint density at radius 3 is 1.24 bits per heavy atom. The fraction of sp³-hybridized carbons (Fsp3) is 0. The number of hydrogen-bond acceptors (Lipinski definition) is 6. The minimum absolute atomic E-state index is 0.000965. The summed E-state index contributed by atoms with van der Waals surface area (Å²) in [6.07, 6.45) is 0. The highest BCUT2D eigenvalue weighted by molar-refractivity contribution is 5.63. The molecule has 3 aliphatic carbocycles. The normalized spacial score (nSPS) is 13.2. The van der Waals surface area contributed by atoms with Gasteiger partial charge in [0.05, 0.1) is 21.2 Å². The number of rotatable bonds is 2. The van der Waals surface area contributed by atoms with Gasteiger partial charge in [-0.1, -0.05) is 60.7 Å². The number of hydrogen-bond donors (Lipinski definition) is 4. The smallest absolute Gasteiger partial charge is 0.196 e. The largest absolute Gasteiger partial charge is 0.398 e. The standard InChI is InChI=1S/C28H20N4O2/c29-23(15-7-3-1-4-8-15)19-13-11-17-21(25(19)31)27(33)18-12-14-20(26(32)22(18)28(17)34)24(30)16-9-5-2-6-10-16/h1-14,31-32H,29-30H2/b23-19-,24-20+,31-25?,32-26?. The zero-order valence-electron chi connectivity index (χ0n) is 18.1. The topological polar surface area (TPSA) is 134 Å². The predicted molar refractivity (Wildman–Crippen MR) is 129 cm³/mol. The van der Waals surface area contributed by atoms with Crippen LogP contribution in [0.3, 0.4) is 0 Å². The van der Waals surface area contributed by atoms with E-state index in [9.17, 15) is 9.59 Å². The summed E-state index contributed by atoms with van der Waals surface area (Å²) < 4.78 is 0. The van der Waals surface area contributed by atoms with E-state index >= 15 is 0 Å². The Hall–Kier alpha value is -4.84. The molecule has 6 nitrogen and oxygen atoms in total. The molecule has 6 heteroatoms. The van der Waals surface area contributed by atoms with Gasteiger partial charge in [-0.3, -0.25) is 20.4 Å². The van der Waals surface area contributed by atoms with Crippen molar-refractivity contribution in [1.29, 1.82) is 10.8 Å². The lowest BCUT2D eigenvalue weighted by molar-refractivity contribution is 1.10. The van der Waals surface area contributed by atoms with Gasteiger partial charge in [-0.25, -0.2) is 0 Å². The molecule has 0 aromatic heterocycles. The second kappa shape index (κ2) is 7.94. The fourth-order valence-electron chi connectivity index (χ4n) is 4.32. The van der Waals surface area contributed by atoms with Gasteiger partial charge in [0.25, 0.3) is 0 Å². The van der Waals surface area contributed by atoms with Gasteiger partial charge in [0, 0.05) is 32.3 Å². The Labute approximate surface area is 192 Å². The molecule has 0 saturated carbocycles. The van der Waals surface area contributed by atoms with Gasteiger partial charge in [-0.2, -0.15) is 0 Å². The zero-order chi connectivity index (χ0) is 24.0. The highest BCUT2D eigenvalue weighted by atomic mass is 16.1. The van der Waals surface area contributed by atoms with E-state index in [-0.39, 0.29) is 31.6 Å². The van der Waals surface area contributed by atoms with Crippen LogP contribution in [-0.4, -0.2) is 0 Å². The van der Waals surface area contributed by atoms with Crippen LogP contribution in [-0.2, 0) is 0 Å². The molecule has 0 heterocycles. The molecule has 34 heavy (non-hydrogen) atoms. The summed E-state index contributed by atoms with van der Waals surface area (Å²) in [6, 6.07) is 24.5. The molecule has 164 valence electrons. The first-order chi connectivity index (χ1) is 16.4. The maximum absolute atomic E-state index is 13.4. The molecule has 0 bridgehead atoms. The average molecular weight is 444 g/mol. The highest BCUT2D eigenvalue weighted by Gasteiger charge is 2.11. The molecule has 0 radical (unpaired) electrons. The van der Waals surface area contributed by atoms with Crippen LogP contribution < -0.4 is 43.5 Å². The molecular formula is C28H20N4O2. The van der Waals surface area contributed by atoms with Gasteiger partial charge in [0.2, 0.25) is 0 Å². The highest BCUT2D eigenvalue weighted by Crippen LogP contribution is 2.05. The van der Waals surface area contributed by atoms with Crippen LogP contribution in [0.25, 0.3) is 11.4 Å². The monoisotopic (exact) mass is 444 g/mol. The second-order valence-corrected chi connectivity index (χ2v) is 8.04. The quantitative estimate of drug-likeness (QED) is 0.303. The van der Waals surface area contributed by atoms with E-state index in [4.69, 9.17) is 22.3 Å². The number of nitrogens with one attached hydrogen (secondary N) is 2. The molecule has 2 aromatic rings. The summed E-state index contributed by atoms with van der Waals surface area (Å²) in [6.45, 7) is 0. The maximum atomic E-state index is 13.4. The van der Waals surface area contributed by atoms with Crippen molar-refractivity contribution in [2.75, 3.05) is 0 Å². The van der Waals surface area contributed by atoms with Crippen molar-refractivity contribution >= 4 is 11.4 Å². The summed E-state index contributed by atoms with van der Waals surface area (Å²) in [5.74, 6) is 0. The van der Waals surface area contributed by atoms with Crippen LogP contribution in [0.15, 0.2) is 94.5 Å². The summed E-state index contributed by atoms with van der Waals surface area (Å²) >= 11 is 0. The third-order valence-electron chi connectivity index (χ3n) is 6.10. The van der Waals surface area contributed by atoms with Gasteiger partial charge < -0.3 is 11.5 Å². The first-order valence-electron chi connectivity index (χ1n) is 10.6. The van der Waals surface area contributed by atoms with Gasteiger partial charge in [0.1, 0.15) is 0 Å². The average Bonchev–Trinajstić information content (AvgIpc) is 2.87. The minimum atomic E-state index is -0.476. The first-order valence-corrected chi connectivity index (χ1v) is 10.6. The lowest BCUT2D eigenvalue weighted by atomic mass is 10.0. The predicted octanol–water partition coefficient (Wildman–Crippen LogP) is -0.0785. The lowest BCUT2D eigenvalue weighted by Gasteiger charge is -2.04. The molecule has 0 amide bonds. The molecule has 0 spiro atoms. The molecule has 0 unspecified atom stereocenters. The van der Waals surface area contributed by atoms with Crippen LogP contribution in [0.2, 0.25) is 0 Å². The van der Waals surface area contributed by atoms with Crippen molar-refractivity contribution in [3.8, 4) is 0 Å². The summed E-state index contributed by atoms with van der Waals surface area (Å²) in [4.78, 5) is 26.9. The lowest BCUT2D eigenvalue weighted by Crippen LogP contribution is -2.39. The SMILES string of the molecule is N=c1c2c(=O)c3cc/c(=C(\N)c4ccccc4)c(=N)c=3c(=O)c=2cc/c1=C(/N)c1ccccc1. The van der Waals surface area contributed by atoms with Crippen molar-refractivity contribution in [2.24, 2.45) is 11.5 Å². The van der Waals surface area contributed by atoms with E-state index in [1.165, 1.54) is 12.1 Å². The van der Waals surface area contributed by atoms with Crippen LogP contribution >= 0.6 is 0 Å². The van der Waals surface area contributed by atoms with E-state index in [0.717, 1.165) is 11.1 Å². The van der Waals surface area contributed by atoms with Crippen LogP contribution in [0.4, 0.5) is 0 Å². The Bertz CT molecular complexity index is 1890. The Morgan fingerprint density at radius 1 is 0.529 bits per heavy atom. The summed E-state index contributed by atoms with van der Waals surface area (Å²) in [5.41, 5.74) is 13.8. The Morgan fingerprint density at radius 2 is 0.882 bits per heavy atom. The molecular weight excluding hydrogens is 424 g/mol. The van der Waals surface area contributed by atoms with Crippen LogP contribution in [0.1, 0.15) is 11.1 Å². The zero-order valence-corrected chi connectivity index (χ0v) is 18.1. The second-order valence-electron chi connectivity index (χ2n) is 8.04. The van der Waals surface area contributed by atoms with Gasteiger partial charge in [-0.15, -0.1) is 0 Å². The van der Waals surface area contributed by atoms with E-state index in [0.29, 0.717) is 21.8 Å². The Balaban J connectivity index is 1.96. The van der Waals surface area contributed by atoms with Crippen molar-refractivity contribution in [3.63, 3.8) is 0 Å². The van der Waals surface area contributed by atoms with Crippen LogP contribution in [0, 0.1) is 31.7 Å². The van der Waals surface area contributed by atoms with E-state index in [1.54, 1.807) is 12.1 Å². The summed E-state index contributed by atoms with van der Waals surface area (Å²) in [7, 11) is 0. The molecule has 0 saturated heterocycles. The maximum Gasteiger partial charge on any atom is 0.196 e. The fourth-order valence-corrected chi connectivity index (χ4v) is 4.32. The first kappa shape index (κ1) is 21.0. The molecule has 6 N–H and O–H groups in total. The van der Waals surface area contributed by atoms with Crippen molar-refractivity contribution in [2.45, 2.75) is 0 Å². The summed E-state index contributed by atoms with van der Waals surface area (Å²) in [5, 5.41) is 18.1. The van der Waals surface area contributed by atoms with Gasteiger partial charge >= 0.3 is 0 Å². The number of nitrogens with two attached hydrogens (primary N) is 2. The van der Waals surface area contributed by atoms with E-state index in [1.807, 2.05) is 60.7 Å². The van der Waals surface area contributed by atoms with Crippen molar-refractivity contribution in [3.05, 3.63) is 159 Å². The molecule has 0 atom stereocenters. The molecule has 3 aliphatic rings. The minimum Gasteiger partial charge on any atom is -0.398 e. The third kappa shape index (κ3) is 3.12. The third-order valence-corrected chi connectivity index (χ3v) is 6.10. The van der Waals surface area contributed by atoms with E-state index < -0.39 is 10.9 Å². The number of benzene rings is 2. The molecule has 0 aliphatic heterocycles. The Kier molecular flexibility index (Phi) is 4.91. The van der Waals surface area contributed by atoms with Crippen molar-refractivity contribution in [1.82, 2.24) is 0 Å². The van der Waals surface area contributed by atoms with E-state index in [2.05, 4.69) is 0 Å². The van der Waals surface area contributed by atoms with Crippen LogP contribution in [0.5, 0.6) is 0 Å². The van der Waals surface area contributed by atoms with Gasteiger partial charge in [0.15, 0.2) is 10.9 Å². The van der Waals surface area contributed by atoms with Gasteiger partial charge in [-0.05, 0) is 35.4 Å². The molecule has 5 rings (SSSR count). The van der Waals surface area contributed by atoms with Crippen molar-refractivity contribution < 1.29 is 0 Å². The molecule has 0 fully saturated rings.